The SMILES string of the molecule is CSCCC(=O)Nc1ccc(S(=O)(=O)N2C[C@@H](C)C[C@H](C)C2)cc1. The first-order chi connectivity index (χ1) is 11.3. The highest BCUT2D eigenvalue weighted by atomic mass is 32.2. The van der Waals surface area contributed by atoms with E-state index in [1.807, 2.05) is 6.26 Å². The molecule has 24 heavy (non-hydrogen) atoms. The van der Waals surface area contributed by atoms with Crippen molar-refractivity contribution in [2.75, 3.05) is 30.4 Å². The van der Waals surface area contributed by atoms with Gasteiger partial charge in [-0.2, -0.15) is 16.1 Å². The maximum Gasteiger partial charge on any atom is 0.243 e. The third-order valence-corrected chi connectivity index (χ3v) is 6.60. The standard InChI is InChI=1S/C17H26N2O3S2/c1-13-10-14(2)12-19(11-13)24(21,22)16-6-4-15(5-7-16)18-17(20)8-9-23-3/h4-7,13-14H,8-12H2,1-3H3,(H,18,20)/t13-,14-/m0/s1. The number of benzene rings is 1. The van der Waals surface area contributed by atoms with Crippen LogP contribution in [0.25, 0.3) is 0 Å². The van der Waals surface area contributed by atoms with Gasteiger partial charge in [-0.1, -0.05) is 13.8 Å². The van der Waals surface area contributed by atoms with Gasteiger partial charge in [0.15, 0.2) is 0 Å². The Bertz CT molecular complexity index is 649. The third kappa shape index (κ3) is 4.97. The van der Waals surface area contributed by atoms with Gasteiger partial charge in [0.05, 0.1) is 4.90 Å². The fourth-order valence-corrected chi connectivity index (χ4v) is 5.15. The first-order valence-electron chi connectivity index (χ1n) is 8.22. The van der Waals surface area contributed by atoms with E-state index >= 15 is 0 Å². The molecule has 1 N–H and O–H groups in total. The Morgan fingerprint density at radius 2 is 1.79 bits per heavy atom. The second kappa shape index (κ2) is 8.36. The minimum absolute atomic E-state index is 0.0568. The third-order valence-electron chi connectivity index (χ3n) is 4.14. The summed E-state index contributed by atoms with van der Waals surface area (Å²) in [6.45, 7) is 5.32. The molecule has 1 aliphatic heterocycles. The fourth-order valence-electron chi connectivity index (χ4n) is 3.08. The van der Waals surface area contributed by atoms with Crippen LogP contribution in [-0.2, 0) is 14.8 Å². The Kier molecular flexibility index (Phi) is 6.71. The molecule has 1 aliphatic rings. The largest absolute Gasteiger partial charge is 0.326 e. The molecule has 0 saturated carbocycles. The number of hydrogen-bond acceptors (Lipinski definition) is 4. The van der Waals surface area contributed by atoms with Crippen LogP contribution in [0.5, 0.6) is 0 Å². The number of thioether (sulfide) groups is 1. The van der Waals surface area contributed by atoms with Crippen molar-refractivity contribution < 1.29 is 13.2 Å². The molecule has 0 aliphatic carbocycles. The van der Waals surface area contributed by atoms with E-state index in [-0.39, 0.29) is 10.8 Å². The zero-order chi connectivity index (χ0) is 17.7. The molecule has 2 atom stereocenters. The number of hydrogen-bond donors (Lipinski definition) is 1. The van der Waals surface area contributed by atoms with Crippen LogP contribution in [0.1, 0.15) is 26.7 Å². The number of piperidine rings is 1. The zero-order valence-electron chi connectivity index (χ0n) is 14.5. The molecule has 1 aromatic carbocycles. The lowest BCUT2D eigenvalue weighted by Gasteiger charge is -2.34. The average molecular weight is 371 g/mol. The number of carbonyl (C=O) groups is 1. The van der Waals surface area contributed by atoms with Crippen LogP contribution < -0.4 is 5.32 Å². The molecule has 1 aromatic rings. The van der Waals surface area contributed by atoms with Crippen LogP contribution in [0.3, 0.4) is 0 Å². The zero-order valence-corrected chi connectivity index (χ0v) is 16.1. The van der Waals surface area contributed by atoms with Crippen molar-refractivity contribution in [1.82, 2.24) is 4.31 Å². The highest BCUT2D eigenvalue weighted by Gasteiger charge is 2.31. The van der Waals surface area contributed by atoms with E-state index in [1.54, 1.807) is 40.3 Å². The Balaban J connectivity index is 2.07. The van der Waals surface area contributed by atoms with E-state index in [9.17, 15) is 13.2 Å². The lowest BCUT2D eigenvalue weighted by Crippen LogP contribution is -2.42. The molecule has 134 valence electrons. The summed E-state index contributed by atoms with van der Waals surface area (Å²) in [5.41, 5.74) is 0.625. The maximum absolute atomic E-state index is 12.8. The van der Waals surface area contributed by atoms with Gasteiger partial charge >= 0.3 is 0 Å². The summed E-state index contributed by atoms with van der Waals surface area (Å²) in [5.74, 6) is 1.46. The topological polar surface area (TPSA) is 66.5 Å². The van der Waals surface area contributed by atoms with Gasteiger partial charge in [0.25, 0.3) is 0 Å². The molecule has 0 radical (unpaired) electrons. The van der Waals surface area contributed by atoms with E-state index in [1.165, 1.54) is 0 Å². The molecule has 2 rings (SSSR count). The van der Waals surface area contributed by atoms with Crippen LogP contribution in [0.15, 0.2) is 29.2 Å². The summed E-state index contributed by atoms with van der Waals surface area (Å²) in [6.07, 6.45) is 3.47. The van der Waals surface area contributed by atoms with Crippen molar-refractivity contribution in [2.45, 2.75) is 31.6 Å². The minimum Gasteiger partial charge on any atom is -0.326 e. The Labute approximate surface area is 149 Å². The van der Waals surface area contributed by atoms with Gasteiger partial charge in [-0.25, -0.2) is 8.42 Å². The van der Waals surface area contributed by atoms with Crippen molar-refractivity contribution in [3.8, 4) is 0 Å². The predicted molar refractivity (Wildman–Crippen MR) is 99.8 cm³/mol. The molecule has 1 saturated heterocycles. The van der Waals surface area contributed by atoms with Crippen molar-refractivity contribution >= 4 is 33.4 Å². The molecule has 0 spiro atoms. The molecule has 1 fully saturated rings. The minimum atomic E-state index is -3.47. The van der Waals surface area contributed by atoms with Crippen LogP contribution in [0.2, 0.25) is 0 Å². The summed E-state index contributed by atoms with van der Waals surface area (Å²) in [6, 6.07) is 6.45. The van der Waals surface area contributed by atoms with Crippen molar-refractivity contribution in [3.63, 3.8) is 0 Å². The molecule has 5 nitrogen and oxygen atoms in total. The fraction of sp³-hybridized carbons (Fsp3) is 0.588. The molecule has 7 heteroatoms. The number of nitrogens with one attached hydrogen (secondary N) is 1. The van der Waals surface area contributed by atoms with E-state index in [4.69, 9.17) is 0 Å². The van der Waals surface area contributed by atoms with Gasteiger partial charge in [0.2, 0.25) is 15.9 Å². The van der Waals surface area contributed by atoms with Crippen LogP contribution in [0.4, 0.5) is 5.69 Å². The molecular formula is C17H26N2O3S2. The number of anilines is 1. The Hall–Kier alpha value is -1.05. The van der Waals surface area contributed by atoms with Crippen LogP contribution in [0, 0.1) is 11.8 Å². The first kappa shape index (κ1) is 19.3. The quantitative estimate of drug-likeness (QED) is 0.836. The molecular weight excluding hydrogens is 344 g/mol. The number of rotatable bonds is 6. The van der Waals surface area contributed by atoms with Crippen molar-refractivity contribution in [1.29, 1.82) is 0 Å². The molecule has 0 unspecified atom stereocenters. The monoisotopic (exact) mass is 370 g/mol. The summed E-state index contributed by atoms with van der Waals surface area (Å²) >= 11 is 1.62. The van der Waals surface area contributed by atoms with E-state index in [0.717, 1.165) is 12.2 Å². The average Bonchev–Trinajstić information content (AvgIpc) is 2.52. The second-order valence-electron chi connectivity index (χ2n) is 6.58. The van der Waals surface area contributed by atoms with E-state index < -0.39 is 10.0 Å². The van der Waals surface area contributed by atoms with Crippen LogP contribution in [-0.4, -0.2) is 43.7 Å². The lowest BCUT2D eigenvalue weighted by atomic mass is 9.94. The molecule has 1 amide bonds. The summed E-state index contributed by atoms with van der Waals surface area (Å²) in [7, 11) is -3.47. The van der Waals surface area contributed by atoms with E-state index in [2.05, 4.69) is 19.2 Å². The lowest BCUT2D eigenvalue weighted by molar-refractivity contribution is -0.115. The first-order valence-corrected chi connectivity index (χ1v) is 11.1. The van der Waals surface area contributed by atoms with Gasteiger partial charge in [0, 0.05) is 31.0 Å². The second-order valence-corrected chi connectivity index (χ2v) is 9.51. The number of amides is 1. The number of carbonyl (C=O) groups excluding carboxylic acids is 1. The van der Waals surface area contributed by atoms with Gasteiger partial charge in [-0.15, -0.1) is 0 Å². The molecule has 0 bridgehead atoms. The summed E-state index contributed by atoms with van der Waals surface area (Å²) in [4.78, 5) is 12.0. The Morgan fingerprint density at radius 3 is 2.33 bits per heavy atom. The molecule has 0 aromatic heterocycles. The van der Waals surface area contributed by atoms with Crippen LogP contribution >= 0.6 is 11.8 Å². The summed E-state index contributed by atoms with van der Waals surface area (Å²) < 4.78 is 27.2. The van der Waals surface area contributed by atoms with E-state index in [0.29, 0.717) is 37.0 Å². The van der Waals surface area contributed by atoms with Gasteiger partial charge in [-0.05, 0) is 48.8 Å². The molecule has 1 heterocycles. The predicted octanol–water partition coefficient (Wildman–Crippen LogP) is 3.04. The van der Waals surface area contributed by atoms with Gasteiger partial charge in [0.1, 0.15) is 0 Å². The number of sulfonamides is 1. The maximum atomic E-state index is 12.8. The van der Waals surface area contributed by atoms with Crippen molar-refractivity contribution in [3.05, 3.63) is 24.3 Å². The smallest absolute Gasteiger partial charge is 0.243 e. The highest BCUT2D eigenvalue weighted by Crippen LogP contribution is 2.27. The van der Waals surface area contributed by atoms with Gasteiger partial charge in [-0.3, -0.25) is 4.79 Å². The normalized spacial score (nSPS) is 22.3. The van der Waals surface area contributed by atoms with Gasteiger partial charge < -0.3 is 5.32 Å². The number of nitrogens with zero attached hydrogens (tertiary/aromatic N) is 1. The highest BCUT2D eigenvalue weighted by molar-refractivity contribution is 7.98. The van der Waals surface area contributed by atoms with Crippen molar-refractivity contribution in [2.24, 2.45) is 11.8 Å². The Morgan fingerprint density at radius 1 is 1.21 bits per heavy atom. The summed E-state index contributed by atoms with van der Waals surface area (Å²) in [5, 5.41) is 2.79.